The van der Waals surface area contributed by atoms with Crippen LogP contribution in [0, 0.1) is 26.6 Å². The minimum atomic E-state index is -0.403. The van der Waals surface area contributed by atoms with E-state index in [0.29, 0.717) is 22.9 Å². The first kappa shape index (κ1) is 16.0. The molecule has 0 amide bonds. The number of hydrogen-bond donors (Lipinski definition) is 0. The number of nitrogens with zero attached hydrogens (tertiary/aromatic N) is 2. The van der Waals surface area contributed by atoms with Crippen LogP contribution in [0.5, 0.6) is 5.75 Å². The van der Waals surface area contributed by atoms with E-state index < -0.39 is 5.82 Å². The van der Waals surface area contributed by atoms with Gasteiger partial charge in [-0.15, -0.1) is 0 Å². The normalized spacial score (nSPS) is 10.8. The van der Waals surface area contributed by atoms with Crippen LogP contribution in [0.3, 0.4) is 0 Å². The standard InChI is InChI=1S/C18H17FN2O3/c1-11-7-16(13(3)21(11)18-8-12(2)24-20-18)17(22)10-23-15-6-4-5-14(19)9-15/h4-9H,10H2,1-3H3. The fourth-order valence-corrected chi connectivity index (χ4v) is 2.64. The van der Waals surface area contributed by atoms with Gasteiger partial charge in [-0.1, -0.05) is 11.2 Å². The second-order valence-electron chi connectivity index (χ2n) is 5.59. The van der Waals surface area contributed by atoms with Crippen molar-refractivity contribution >= 4 is 5.78 Å². The van der Waals surface area contributed by atoms with E-state index in [1.54, 1.807) is 18.2 Å². The highest BCUT2D eigenvalue weighted by molar-refractivity contribution is 5.98. The van der Waals surface area contributed by atoms with Crippen molar-refractivity contribution in [2.75, 3.05) is 6.61 Å². The molecule has 1 aromatic carbocycles. The van der Waals surface area contributed by atoms with Gasteiger partial charge in [0, 0.05) is 29.1 Å². The molecule has 0 spiro atoms. The van der Waals surface area contributed by atoms with Crippen LogP contribution in [0.4, 0.5) is 4.39 Å². The number of benzene rings is 1. The number of rotatable bonds is 5. The van der Waals surface area contributed by atoms with Gasteiger partial charge in [-0.2, -0.15) is 0 Å². The first-order chi connectivity index (χ1) is 11.5. The van der Waals surface area contributed by atoms with Crippen molar-refractivity contribution in [1.82, 2.24) is 9.72 Å². The second kappa shape index (κ2) is 6.31. The van der Waals surface area contributed by atoms with E-state index in [1.807, 2.05) is 25.3 Å². The summed E-state index contributed by atoms with van der Waals surface area (Å²) in [5.41, 5.74) is 2.17. The summed E-state index contributed by atoms with van der Waals surface area (Å²) >= 11 is 0. The summed E-state index contributed by atoms with van der Waals surface area (Å²) < 4.78 is 25.5. The zero-order valence-electron chi connectivity index (χ0n) is 13.7. The number of ketones is 1. The molecule has 2 aromatic heterocycles. The summed E-state index contributed by atoms with van der Waals surface area (Å²) in [7, 11) is 0. The van der Waals surface area contributed by atoms with Crippen molar-refractivity contribution in [3.05, 3.63) is 64.9 Å². The van der Waals surface area contributed by atoms with E-state index in [4.69, 9.17) is 9.26 Å². The Morgan fingerprint density at radius 3 is 2.71 bits per heavy atom. The fourth-order valence-electron chi connectivity index (χ4n) is 2.64. The van der Waals surface area contributed by atoms with Crippen LogP contribution in [0.2, 0.25) is 0 Å². The second-order valence-corrected chi connectivity index (χ2v) is 5.59. The predicted octanol–water partition coefficient (Wildman–Crippen LogP) is 3.79. The van der Waals surface area contributed by atoms with E-state index >= 15 is 0 Å². The third-order valence-corrected chi connectivity index (χ3v) is 3.74. The molecule has 124 valence electrons. The topological polar surface area (TPSA) is 57.3 Å². The number of carbonyl (C=O) groups is 1. The average molecular weight is 328 g/mol. The van der Waals surface area contributed by atoms with Gasteiger partial charge in [0.1, 0.15) is 17.3 Å². The van der Waals surface area contributed by atoms with Crippen molar-refractivity contribution in [2.24, 2.45) is 0 Å². The Morgan fingerprint density at radius 1 is 1.25 bits per heavy atom. The zero-order chi connectivity index (χ0) is 17.3. The number of hydrogen-bond acceptors (Lipinski definition) is 4. The van der Waals surface area contributed by atoms with Crippen molar-refractivity contribution in [3.63, 3.8) is 0 Å². The lowest BCUT2D eigenvalue weighted by atomic mass is 10.1. The Morgan fingerprint density at radius 2 is 2.04 bits per heavy atom. The van der Waals surface area contributed by atoms with E-state index in [0.717, 1.165) is 11.4 Å². The van der Waals surface area contributed by atoms with Crippen LogP contribution in [0.15, 0.2) is 40.9 Å². The molecule has 3 aromatic rings. The van der Waals surface area contributed by atoms with Crippen LogP contribution in [0.1, 0.15) is 27.5 Å². The minimum absolute atomic E-state index is 0.161. The number of aryl methyl sites for hydroxylation is 2. The Labute approximate surface area is 138 Å². The molecule has 2 heterocycles. The molecule has 0 saturated heterocycles. The molecule has 0 saturated carbocycles. The summed E-state index contributed by atoms with van der Waals surface area (Å²) in [5, 5.41) is 3.99. The third-order valence-electron chi connectivity index (χ3n) is 3.74. The van der Waals surface area contributed by atoms with Gasteiger partial charge in [0.15, 0.2) is 12.4 Å². The molecule has 0 N–H and O–H groups in total. The molecule has 0 atom stereocenters. The maximum absolute atomic E-state index is 13.1. The summed E-state index contributed by atoms with van der Waals surface area (Å²) in [4.78, 5) is 12.4. The molecule has 0 fully saturated rings. The van der Waals surface area contributed by atoms with Crippen molar-refractivity contribution in [1.29, 1.82) is 0 Å². The molecular weight excluding hydrogens is 311 g/mol. The Balaban J connectivity index is 1.81. The van der Waals surface area contributed by atoms with Gasteiger partial charge in [0.25, 0.3) is 0 Å². The highest BCUT2D eigenvalue weighted by Gasteiger charge is 2.18. The van der Waals surface area contributed by atoms with Gasteiger partial charge >= 0.3 is 0 Å². The van der Waals surface area contributed by atoms with Gasteiger partial charge in [-0.3, -0.25) is 9.36 Å². The number of halogens is 1. The molecular formula is C18H17FN2O3. The predicted molar refractivity (Wildman–Crippen MR) is 86.3 cm³/mol. The fraction of sp³-hybridized carbons (Fsp3) is 0.222. The monoisotopic (exact) mass is 328 g/mol. The SMILES string of the molecule is Cc1cc(-n2c(C)cc(C(=O)COc3cccc(F)c3)c2C)no1. The highest BCUT2D eigenvalue weighted by Crippen LogP contribution is 2.21. The maximum Gasteiger partial charge on any atom is 0.202 e. The van der Waals surface area contributed by atoms with E-state index in [1.165, 1.54) is 18.2 Å². The van der Waals surface area contributed by atoms with Crippen molar-refractivity contribution in [2.45, 2.75) is 20.8 Å². The van der Waals surface area contributed by atoms with Crippen LogP contribution in [-0.2, 0) is 0 Å². The van der Waals surface area contributed by atoms with Gasteiger partial charge < -0.3 is 9.26 Å². The molecule has 0 radical (unpaired) electrons. The van der Waals surface area contributed by atoms with Crippen molar-refractivity contribution in [3.8, 4) is 11.6 Å². The number of carbonyl (C=O) groups excluding carboxylic acids is 1. The Kier molecular flexibility index (Phi) is 4.20. The lowest BCUT2D eigenvalue weighted by Gasteiger charge is -2.07. The van der Waals surface area contributed by atoms with E-state index in [-0.39, 0.29) is 12.4 Å². The summed E-state index contributed by atoms with van der Waals surface area (Å²) in [6.45, 7) is 5.38. The summed E-state index contributed by atoms with van der Waals surface area (Å²) in [6, 6.07) is 9.30. The van der Waals surface area contributed by atoms with Gasteiger partial charge in [-0.25, -0.2) is 4.39 Å². The lowest BCUT2D eigenvalue weighted by Crippen LogP contribution is -2.12. The largest absolute Gasteiger partial charge is 0.485 e. The van der Waals surface area contributed by atoms with Crippen molar-refractivity contribution < 1.29 is 18.4 Å². The quantitative estimate of drug-likeness (QED) is 0.669. The van der Waals surface area contributed by atoms with Crippen LogP contribution >= 0.6 is 0 Å². The first-order valence-corrected chi connectivity index (χ1v) is 7.50. The molecule has 0 unspecified atom stereocenters. The zero-order valence-corrected chi connectivity index (χ0v) is 13.7. The molecule has 0 aliphatic carbocycles. The average Bonchev–Trinajstić information content (AvgIpc) is 3.08. The molecule has 0 aliphatic rings. The van der Waals surface area contributed by atoms with Gasteiger partial charge in [0.05, 0.1) is 0 Å². The Hall–Kier alpha value is -2.89. The van der Waals surface area contributed by atoms with Crippen LogP contribution in [-0.4, -0.2) is 22.1 Å². The van der Waals surface area contributed by atoms with Gasteiger partial charge in [-0.05, 0) is 39.0 Å². The molecule has 0 aliphatic heterocycles. The highest BCUT2D eigenvalue weighted by atomic mass is 19.1. The number of aromatic nitrogens is 2. The van der Waals surface area contributed by atoms with Gasteiger partial charge in [0.2, 0.25) is 5.78 Å². The molecule has 3 rings (SSSR count). The van der Waals surface area contributed by atoms with E-state index in [9.17, 15) is 9.18 Å². The minimum Gasteiger partial charge on any atom is -0.485 e. The Bertz CT molecular complexity index is 896. The van der Waals surface area contributed by atoms with Crippen LogP contribution in [0.25, 0.3) is 5.82 Å². The molecule has 6 heteroatoms. The summed E-state index contributed by atoms with van der Waals surface area (Å²) in [5.74, 6) is 1.06. The smallest absolute Gasteiger partial charge is 0.202 e. The van der Waals surface area contributed by atoms with Crippen LogP contribution < -0.4 is 4.74 Å². The molecule has 0 bridgehead atoms. The van der Waals surface area contributed by atoms with E-state index in [2.05, 4.69) is 5.16 Å². The third kappa shape index (κ3) is 3.08. The summed E-state index contributed by atoms with van der Waals surface area (Å²) in [6.07, 6.45) is 0. The number of Topliss-reactive ketones (excluding diaryl/α,β-unsaturated/α-hetero) is 1. The molecule has 5 nitrogen and oxygen atoms in total. The number of ether oxygens (including phenoxy) is 1. The molecule has 24 heavy (non-hydrogen) atoms. The first-order valence-electron chi connectivity index (χ1n) is 7.50. The maximum atomic E-state index is 13.1. The lowest BCUT2D eigenvalue weighted by molar-refractivity contribution is 0.0920.